The lowest BCUT2D eigenvalue weighted by Gasteiger charge is -2.04. The molecular weight excluding hydrogens is 226 g/mol. The number of ether oxygens (including phenoxy) is 1. The summed E-state index contributed by atoms with van der Waals surface area (Å²) in [5.41, 5.74) is 1.53. The molecule has 2 aromatic rings. The lowest BCUT2D eigenvalue weighted by atomic mass is 10.4. The van der Waals surface area contributed by atoms with Gasteiger partial charge in [0.2, 0.25) is 0 Å². The monoisotopic (exact) mass is 237 g/mol. The first-order valence-corrected chi connectivity index (χ1v) is 5.36. The van der Waals surface area contributed by atoms with Crippen LogP contribution < -0.4 is 0 Å². The molecule has 0 fully saturated rings. The van der Waals surface area contributed by atoms with Crippen molar-refractivity contribution in [3.63, 3.8) is 0 Å². The van der Waals surface area contributed by atoms with E-state index in [4.69, 9.17) is 16.3 Å². The summed E-state index contributed by atoms with van der Waals surface area (Å²) < 4.78 is 7.28. The summed E-state index contributed by atoms with van der Waals surface area (Å²) in [6.45, 7) is 4.67. The molecule has 2 aromatic heterocycles. The molecule has 0 aliphatic carbocycles. The SMILES string of the molecule is C=CCCOCc1nc(Cl)cn2ccnc12. The van der Waals surface area contributed by atoms with Crippen molar-refractivity contribution >= 4 is 17.2 Å². The van der Waals surface area contributed by atoms with Crippen LogP contribution in [-0.2, 0) is 11.3 Å². The highest BCUT2D eigenvalue weighted by Crippen LogP contribution is 2.12. The van der Waals surface area contributed by atoms with Gasteiger partial charge in [-0.05, 0) is 6.42 Å². The molecule has 2 heterocycles. The lowest BCUT2D eigenvalue weighted by molar-refractivity contribution is 0.123. The van der Waals surface area contributed by atoms with Crippen LogP contribution in [0, 0.1) is 0 Å². The van der Waals surface area contributed by atoms with Crippen LogP contribution in [0.5, 0.6) is 0 Å². The van der Waals surface area contributed by atoms with Crippen LogP contribution in [0.25, 0.3) is 5.65 Å². The van der Waals surface area contributed by atoms with E-state index in [0.717, 1.165) is 17.8 Å². The Kier molecular flexibility index (Phi) is 3.54. The molecule has 0 bridgehead atoms. The molecule has 0 saturated carbocycles. The summed E-state index contributed by atoms with van der Waals surface area (Å²) in [7, 11) is 0. The number of nitrogens with zero attached hydrogens (tertiary/aromatic N) is 3. The van der Waals surface area contributed by atoms with Crippen LogP contribution >= 0.6 is 11.6 Å². The fraction of sp³-hybridized carbons (Fsp3) is 0.273. The van der Waals surface area contributed by atoms with E-state index in [0.29, 0.717) is 18.4 Å². The number of fused-ring (bicyclic) bond motifs is 1. The van der Waals surface area contributed by atoms with Gasteiger partial charge in [-0.2, -0.15) is 0 Å². The highest BCUT2D eigenvalue weighted by molar-refractivity contribution is 6.29. The maximum atomic E-state index is 5.89. The van der Waals surface area contributed by atoms with Gasteiger partial charge in [0.05, 0.1) is 13.2 Å². The largest absolute Gasteiger partial charge is 0.375 e. The molecule has 0 aliphatic rings. The van der Waals surface area contributed by atoms with Crippen molar-refractivity contribution in [3.05, 3.63) is 42.1 Å². The van der Waals surface area contributed by atoms with Gasteiger partial charge in [0.15, 0.2) is 5.65 Å². The van der Waals surface area contributed by atoms with Crippen molar-refractivity contribution < 1.29 is 4.74 Å². The smallest absolute Gasteiger partial charge is 0.161 e. The van der Waals surface area contributed by atoms with E-state index in [-0.39, 0.29) is 0 Å². The Hall–Kier alpha value is -1.39. The topological polar surface area (TPSA) is 39.4 Å². The number of hydrogen-bond acceptors (Lipinski definition) is 3. The Morgan fingerprint density at radius 2 is 2.44 bits per heavy atom. The van der Waals surface area contributed by atoms with E-state index >= 15 is 0 Å². The Labute approximate surface area is 98.5 Å². The number of hydrogen-bond donors (Lipinski definition) is 0. The normalized spacial score (nSPS) is 10.8. The van der Waals surface area contributed by atoms with Crippen LogP contribution in [0.1, 0.15) is 12.1 Å². The van der Waals surface area contributed by atoms with E-state index in [2.05, 4.69) is 16.5 Å². The summed E-state index contributed by atoms with van der Waals surface area (Å²) >= 11 is 5.89. The molecule has 0 unspecified atom stereocenters. The minimum Gasteiger partial charge on any atom is -0.375 e. The molecule has 0 saturated heterocycles. The predicted molar refractivity (Wildman–Crippen MR) is 62.5 cm³/mol. The summed E-state index contributed by atoms with van der Waals surface area (Å²) in [5.74, 6) is 0. The van der Waals surface area contributed by atoms with E-state index in [9.17, 15) is 0 Å². The first-order valence-electron chi connectivity index (χ1n) is 4.98. The minimum atomic E-state index is 0.412. The summed E-state index contributed by atoms with van der Waals surface area (Å²) in [4.78, 5) is 8.40. The standard InChI is InChI=1S/C11H12ClN3O/c1-2-3-6-16-8-9-11-13-4-5-15(11)7-10(12)14-9/h2,4-5,7H,1,3,6,8H2. The van der Waals surface area contributed by atoms with Gasteiger partial charge in [0, 0.05) is 18.6 Å². The van der Waals surface area contributed by atoms with Crippen molar-refractivity contribution in [2.45, 2.75) is 13.0 Å². The molecule has 0 amide bonds. The number of imidazole rings is 1. The van der Waals surface area contributed by atoms with Gasteiger partial charge < -0.3 is 9.14 Å². The molecule has 0 atom stereocenters. The highest BCUT2D eigenvalue weighted by Gasteiger charge is 2.06. The quantitative estimate of drug-likeness (QED) is 0.593. The molecule has 0 spiro atoms. The molecule has 0 aromatic carbocycles. The van der Waals surface area contributed by atoms with Crippen molar-refractivity contribution in [1.29, 1.82) is 0 Å². The second kappa shape index (κ2) is 5.09. The average Bonchev–Trinajstić information content (AvgIpc) is 2.72. The van der Waals surface area contributed by atoms with Gasteiger partial charge in [0.1, 0.15) is 10.8 Å². The molecule has 84 valence electrons. The van der Waals surface area contributed by atoms with Crippen LogP contribution in [0.2, 0.25) is 5.15 Å². The van der Waals surface area contributed by atoms with Gasteiger partial charge in [-0.15, -0.1) is 6.58 Å². The number of aromatic nitrogens is 3. The zero-order valence-corrected chi connectivity index (χ0v) is 9.52. The first kappa shape index (κ1) is 11.1. The summed E-state index contributed by atoms with van der Waals surface area (Å²) in [6.07, 6.45) is 7.90. The van der Waals surface area contributed by atoms with E-state index < -0.39 is 0 Å². The van der Waals surface area contributed by atoms with Crippen molar-refractivity contribution in [3.8, 4) is 0 Å². The lowest BCUT2D eigenvalue weighted by Crippen LogP contribution is -2.01. The average molecular weight is 238 g/mol. The second-order valence-electron chi connectivity index (χ2n) is 3.30. The Balaban J connectivity index is 2.15. The second-order valence-corrected chi connectivity index (χ2v) is 3.69. The van der Waals surface area contributed by atoms with Gasteiger partial charge in [-0.1, -0.05) is 17.7 Å². The third-order valence-corrected chi connectivity index (χ3v) is 2.30. The van der Waals surface area contributed by atoms with Gasteiger partial charge in [0.25, 0.3) is 0 Å². The minimum absolute atomic E-state index is 0.412. The number of rotatable bonds is 5. The van der Waals surface area contributed by atoms with Gasteiger partial charge >= 0.3 is 0 Å². The van der Waals surface area contributed by atoms with Gasteiger partial charge in [-0.3, -0.25) is 0 Å². The van der Waals surface area contributed by atoms with Crippen molar-refractivity contribution in [2.75, 3.05) is 6.61 Å². The summed E-state index contributed by atoms with van der Waals surface area (Å²) in [6, 6.07) is 0. The van der Waals surface area contributed by atoms with E-state index in [1.54, 1.807) is 12.4 Å². The van der Waals surface area contributed by atoms with Crippen molar-refractivity contribution in [1.82, 2.24) is 14.4 Å². The Morgan fingerprint density at radius 1 is 1.56 bits per heavy atom. The molecule has 0 radical (unpaired) electrons. The predicted octanol–water partition coefficient (Wildman–Crippen LogP) is 2.48. The van der Waals surface area contributed by atoms with Crippen LogP contribution in [0.4, 0.5) is 0 Å². The van der Waals surface area contributed by atoms with Crippen LogP contribution in [0.3, 0.4) is 0 Å². The maximum absolute atomic E-state index is 5.89. The zero-order valence-electron chi connectivity index (χ0n) is 8.77. The Morgan fingerprint density at radius 3 is 3.25 bits per heavy atom. The molecule has 16 heavy (non-hydrogen) atoms. The molecule has 2 rings (SSSR count). The van der Waals surface area contributed by atoms with Crippen molar-refractivity contribution in [2.24, 2.45) is 0 Å². The number of halogens is 1. The van der Waals surface area contributed by atoms with E-state index in [1.807, 2.05) is 16.7 Å². The first-order chi connectivity index (χ1) is 7.81. The van der Waals surface area contributed by atoms with Gasteiger partial charge in [-0.25, -0.2) is 9.97 Å². The Bertz CT molecular complexity index is 495. The van der Waals surface area contributed by atoms with Crippen LogP contribution in [0.15, 0.2) is 31.2 Å². The maximum Gasteiger partial charge on any atom is 0.161 e. The molecule has 0 aliphatic heterocycles. The fourth-order valence-electron chi connectivity index (χ4n) is 1.40. The third kappa shape index (κ3) is 2.40. The molecule has 0 N–H and O–H groups in total. The summed E-state index contributed by atoms with van der Waals surface area (Å²) in [5, 5.41) is 0.438. The molecule has 4 nitrogen and oxygen atoms in total. The van der Waals surface area contributed by atoms with E-state index in [1.165, 1.54) is 0 Å². The molecule has 5 heteroatoms. The third-order valence-electron chi connectivity index (χ3n) is 2.12. The highest BCUT2D eigenvalue weighted by atomic mass is 35.5. The zero-order chi connectivity index (χ0) is 11.4. The van der Waals surface area contributed by atoms with Crippen LogP contribution in [-0.4, -0.2) is 21.0 Å². The molecular formula is C11H12ClN3O. The fourth-order valence-corrected chi connectivity index (χ4v) is 1.60.